The second kappa shape index (κ2) is 9.53. The lowest BCUT2D eigenvalue weighted by Crippen LogP contribution is -2.25. The smallest absolute Gasteiger partial charge is 0.282 e. The molecular formula is C24H25BrClN3O2. The molecule has 0 amide bonds. The summed E-state index contributed by atoms with van der Waals surface area (Å²) in [6, 6.07) is 11.1. The Morgan fingerprint density at radius 1 is 1.19 bits per heavy atom. The molecule has 4 rings (SSSR count). The van der Waals surface area contributed by atoms with E-state index < -0.39 is 0 Å². The number of rotatable bonds is 5. The Bertz CT molecular complexity index is 1180. The molecule has 0 aliphatic heterocycles. The minimum atomic E-state index is -0.158. The van der Waals surface area contributed by atoms with Gasteiger partial charge in [0.25, 0.3) is 5.56 Å². The lowest BCUT2D eigenvalue weighted by Gasteiger charge is -2.22. The number of halogens is 2. The number of nitrogens with zero attached hydrogens (tertiary/aromatic N) is 3. The van der Waals surface area contributed by atoms with Crippen molar-refractivity contribution in [2.45, 2.75) is 58.0 Å². The van der Waals surface area contributed by atoms with Crippen LogP contribution in [0.25, 0.3) is 10.9 Å². The Hall–Kier alpha value is -2.18. The predicted molar refractivity (Wildman–Crippen MR) is 130 cm³/mol. The third-order valence-electron chi connectivity index (χ3n) is 5.44. The fourth-order valence-corrected chi connectivity index (χ4v) is 4.57. The quantitative estimate of drug-likeness (QED) is 0.373. The van der Waals surface area contributed by atoms with E-state index in [0.29, 0.717) is 21.7 Å². The molecular weight excluding hydrogens is 478 g/mol. The molecule has 1 fully saturated rings. The summed E-state index contributed by atoms with van der Waals surface area (Å²) in [5, 5.41) is 5.62. The van der Waals surface area contributed by atoms with Gasteiger partial charge in [0.2, 0.25) is 0 Å². The Balaban J connectivity index is 1.77. The van der Waals surface area contributed by atoms with Crippen LogP contribution in [0, 0.1) is 0 Å². The summed E-state index contributed by atoms with van der Waals surface area (Å²) in [6.45, 7) is 3.91. The van der Waals surface area contributed by atoms with Gasteiger partial charge >= 0.3 is 0 Å². The van der Waals surface area contributed by atoms with Crippen LogP contribution >= 0.6 is 27.5 Å². The van der Waals surface area contributed by atoms with Crippen LogP contribution < -0.4 is 10.3 Å². The van der Waals surface area contributed by atoms with Crippen LogP contribution in [0.5, 0.6) is 5.75 Å². The molecule has 0 spiro atoms. The predicted octanol–water partition coefficient (Wildman–Crippen LogP) is 6.53. The van der Waals surface area contributed by atoms with Gasteiger partial charge in [0.15, 0.2) is 0 Å². The van der Waals surface area contributed by atoms with Crippen LogP contribution in [0.1, 0.15) is 63.3 Å². The first-order valence-corrected chi connectivity index (χ1v) is 11.8. The first-order valence-electron chi connectivity index (χ1n) is 10.6. The lowest BCUT2D eigenvalue weighted by molar-refractivity contribution is 0.242. The van der Waals surface area contributed by atoms with Gasteiger partial charge in [-0.05, 0) is 68.7 Å². The van der Waals surface area contributed by atoms with Crippen molar-refractivity contribution in [2.75, 3.05) is 0 Å². The Morgan fingerprint density at radius 3 is 2.68 bits per heavy atom. The monoisotopic (exact) mass is 501 g/mol. The van der Waals surface area contributed by atoms with Crippen LogP contribution in [0.3, 0.4) is 0 Å². The summed E-state index contributed by atoms with van der Waals surface area (Å²) in [7, 11) is 0. The first kappa shape index (κ1) is 22.0. The number of aromatic nitrogens is 2. The second-order valence-electron chi connectivity index (χ2n) is 8.18. The molecule has 0 bridgehead atoms. The van der Waals surface area contributed by atoms with Crippen LogP contribution in [-0.2, 0) is 0 Å². The fourth-order valence-electron chi connectivity index (χ4n) is 3.97. The van der Waals surface area contributed by atoms with E-state index in [9.17, 15) is 4.79 Å². The molecule has 0 radical (unpaired) electrons. The van der Waals surface area contributed by atoms with E-state index in [1.165, 1.54) is 11.1 Å². The molecule has 1 aliphatic rings. The van der Waals surface area contributed by atoms with E-state index in [0.717, 1.165) is 41.5 Å². The van der Waals surface area contributed by atoms with Gasteiger partial charge in [-0.1, -0.05) is 46.8 Å². The van der Waals surface area contributed by atoms with Crippen LogP contribution in [0.4, 0.5) is 0 Å². The summed E-state index contributed by atoms with van der Waals surface area (Å²) in [6.07, 6.45) is 7.27. The summed E-state index contributed by atoms with van der Waals surface area (Å²) in [4.78, 5) is 18.2. The van der Waals surface area contributed by atoms with Crippen LogP contribution in [0.2, 0.25) is 5.02 Å². The van der Waals surface area contributed by atoms with Crippen molar-refractivity contribution in [3.8, 4) is 5.75 Å². The molecule has 0 N–H and O–H groups in total. The number of ether oxygens (including phenoxy) is 1. The fraction of sp³-hybridized carbons (Fsp3) is 0.375. The molecule has 1 heterocycles. The molecule has 2 aromatic carbocycles. The normalized spacial score (nSPS) is 15.3. The molecule has 3 aromatic rings. The third-order valence-corrected chi connectivity index (χ3v) is 6.23. The first-order chi connectivity index (χ1) is 14.9. The molecule has 5 nitrogen and oxygen atoms in total. The average molecular weight is 503 g/mol. The number of hydrogen-bond acceptors (Lipinski definition) is 4. The van der Waals surface area contributed by atoms with Crippen molar-refractivity contribution < 1.29 is 4.74 Å². The van der Waals surface area contributed by atoms with Gasteiger partial charge in [-0.3, -0.25) is 4.79 Å². The van der Waals surface area contributed by atoms with E-state index in [1.807, 2.05) is 38.1 Å². The van der Waals surface area contributed by atoms with Crippen molar-refractivity contribution in [3.05, 3.63) is 67.6 Å². The standard InChI is InChI=1S/C24H25BrClN3O2/c1-15(2)31-22-11-8-16(12-20(22)26)14-27-29-23(17-6-4-3-5-7-17)28-21-10-9-18(25)13-19(21)24(29)30/h8-15,17H,3-7H2,1-2H3. The van der Waals surface area contributed by atoms with E-state index in [-0.39, 0.29) is 17.6 Å². The highest BCUT2D eigenvalue weighted by Gasteiger charge is 2.22. The van der Waals surface area contributed by atoms with Crippen molar-refractivity contribution in [2.24, 2.45) is 5.10 Å². The van der Waals surface area contributed by atoms with Gasteiger partial charge in [0, 0.05) is 10.4 Å². The third kappa shape index (κ3) is 5.01. The van der Waals surface area contributed by atoms with Gasteiger partial charge in [0.1, 0.15) is 11.6 Å². The maximum atomic E-state index is 13.4. The molecule has 0 saturated heterocycles. The maximum absolute atomic E-state index is 13.4. The van der Waals surface area contributed by atoms with E-state index in [2.05, 4.69) is 21.0 Å². The zero-order valence-corrected chi connectivity index (χ0v) is 20.0. The van der Waals surface area contributed by atoms with Crippen molar-refractivity contribution in [1.29, 1.82) is 0 Å². The Kier molecular flexibility index (Phi) is 6.77. The Morgan fingerprint density at radius 2 is 1.97 bits per heavy atom. The largest absolute Gasteiger partial charge is 0.489 e. The second-order valence-corrected chi connectivity index (χ2v) is 9.51. The zero-order chi connectivity index (χ0) is 22.0. The minimum Gasteiger partial charge on any atom is -0.489 e. The number of fused-ring (bicyclic) bond motifs is 1. The molecule has 162 valence electrons. The summed E-state index contributed by atoms with van der Waals surface area (Å²) >= 11 is 9.81. The SMILES string of the molecule is CC(C)Oc1ccc(C=Nn2c(C3CCCCC3)nc3ccc(Br)cc3c2=O)cc1Cl. The van der Waals surface area contributed by atoms with Gasteiger partial charge in [0.05, 0.1) is 28.2 Å². The minimum absolute atomic E-state index is 0.0386. The van der Waals surface area contributed by atoms with Crippen molar-refractivity contribution in [1.82, 2.24) is 9.66 Å². The highest BCUT2D eigenvalue weighted by molar-refractivity contribution is 9.10. The number of hydrogen-bond donors (Lipinski definition) is 0. The Labute approximate surface area is 195 Å². The molecule has 0 atom stereocenters. The van der Waals surface area contributed by atoms with Crippen LogP contribution in [-0.4, -0.2) is 22.0 Å². The van der Waals surface area contributed by atoms with Gasteiger partial charge in [-0.15, -0.1) is 0 Å². The summed E-state index contributed by atoms with van der Waals surface area (Å²) in [5.74, 6) is 1.60. The lowest BCUT2D eigenvalue weighted by atomic mass is 9.88. The summed E-state index contributed by atoms with van der Waals surface area (Å²) < 4.78 is 8.00. The molecule has 1 aromatic heterocycles. The van der Waals surface area contributed by atoms with Gasteiger partial charge in [-0.2, -0.15) is 9.78 Å². The van der Waals surface area contributed by atoms with Gasteiger partial charge < -0.3 is 4.74 Å². The molecule has 7 heteroatoms. The highest BCUT2D eigenvalue weighted by atomic mass is 79.9. The molecule has 0 unspecified atom stereocenters. The average Bonchev–Trinajstić information content (AvgIpc) is 2.75. The highest BCUT2D eigenvalue weighted by Crippen LogP contribution is 2.32. The molecule has 1 aliphatic carbocycles. The maximum Gasteiger partial charge on any atom is 0.282 e. The van der Waals surface area contributed by atoms with Crippen LogP contribution in [0.15, 0.2) is 50.8 Å². The zero-order valence-electron chi connectivity index (χ0n) is 17.6. The topological polar surface area (TPSA) is 56.5 Å². The summed E-state index contributed by atoms with van der Waals surface area (Å²) in [5.41, 5.74) is 1.34. The van der Waals surface area contributed by atoms with E-state index in [1.54, 1.807) is 18.3 Å². The van der Waals surface area contributed by atoms with Gasteiger partial charge in [-0.25, -0.2) is 4.98 Å². The van der Waals surface area contributed by atoms with E-state index >= 15 is 0 Å². The number of benzene rings is 2. The van der Waals surface area contributed by atoms with E-state index in [4.69, 9.17) is 21.3 Å². The molecule has 31 heavy (non-hydrogen) atoms. The van der Waals surface area contributed by atoms with Crippen molar-refractivity contribution in [3.63, 3.8) is 0 Å². The van der Waals surface area contributed by atoms with Crippen molar-refractivity contribution >= 4 is 44.6 Å². The molecule has 1 saturated carbocycles.